The van der Waals surface area contributed by atoms with Crippen molar-refractivity contribution in [2.75, 3.05) is 49.4 Å². The third-order valence-corrected chi connectivity index (χ3v) is 6.36. The second kappa shape index (κ2) is 12.4. The standard InChI is InChI=1S/C31H34N4O5/c1-6-39-26-17-24-25(18-27(26)40-7-2)33-31(38)29(24)30(21-11-9-8-10-12-21)32-22-13-15-23(16-14-22)35(20(3)36)19-28(37)34(4)5/h8-18,32H,6-7,19H2,1-5H3,(H,33,38). The number of benzene rings is 3. The van der Waals surface area contributed by atoms with Gasteiger partial charge in [-0.15, -0.1) is 0 Å². The minimum Gasteiger partial charge on any atom is -0.490 e. The van der Waals surface area contributed by atoms with Crippen molar-refractivity contribution in [3.8, 4) is 11.5 Å². The van der Waals surface area contributed by atoms with Gasteiger partial charge in [0.2, 0.25) is 11.8 Å². The topological polar surface area (TPSA) is 100 Å². The Morgan fingerprint density at radius 2 is 1.52 bits per heavy atom. The summed E-state index contributed by atoms with van der Waals surface area (Å²) in [4.78, 5) is 40.8. The molecule has 0 aliphatic carbocycles. The molecule has 3 aromatic carbocycles. The molecule has 0 atom stereocenters. The van der Waals surface area contributed by atoms with Gasteiger partial charge in [0.15, 0.2) is 11.5 Å². The average molecular weight is 543 g/mol. The van der Waals surface area contributed by atoms with Crippen molar-refractivity contribution in [3.05, 3.63) is 77.9 Å². The highest BCUT2D eigenvalue weighted by Crippen LogP contribution is 2.43. The molecule has 208 valence electrons. The number of rotatable bonds is 10. The van der Waals surface area contributed by atoms with Gasteiger partial charge in [0.05, 0.1) is 30.2 Å². The molecule has 1 aliphatic heterocycles. The van der Waals surface area contributed by atoms with Crippen molar-refractivity contribution in [1.29, 1.82) is 0 Å². The Labute approximate surface area is 234 Å². The van der Waals surface area contributed by atoms with E-state index in [2.05, 4.69) is 10.6 Å². The van der Waals surface area contributed by atoms with Crippen molar-refractivity contribution in [2.24, 2.45) is 0 Å². The van der Waals surface area contributed by atoms with E-state index in [0.717, 1.165) is 5.56 Å². The van der Waals surface area contributed by atoms with E-state index < -0.39 is 0 Å². The molecule has 0 aromatic heterocycles. The van der Waals surface area contributed by atoms with E-state index in [0.29, 0.717) is 58.6 Å². The summed E-state index contributed by atoms with van der Waals surface area (Å²) in [5.74, 6) is 0.457. The van der Waals surface area contributed by atoms with Crippen LogP contribution in [-0.2, 0) is 14.4 Å². The third-order valence-electron chi connectivity index (χ3n) is 6.36. The number of nitrogens with zero attached hydrogens (tertiary/aromatic N) is 2. The highest BCUT2D eigenvalue weighted by atomic mass is 16.5. The monoisotopic (exact) mass is 542 g/mol. The number of carbonyl (C=O) groups excluding carboxylic acids is 3. The number of carbonyl (C=O) groups is 3. The maximum absolute atomic E-state index is 13.4. The molecule has 9 nitrogen and oxygen atoms in total. The molecule has 2 N–H and O–H groups in total. The fourth-order valence-corrected chi connectivity index (χ4v) is 4.38. The number of amides is 3. The van der Waals surface area contributed by atoms with Gasteiger partial charge in [-0.25, -0.2) is 0 Å². The van der Waals surface area contributed by atoms with Crippen LogP contribution < -0.4 is 25.0 Å². The largest absolute Gasteiger partial charge is 0.490 e. The summed E-state index contributed by atoms with van der Waals surface area (Å²) >= 11 is 0. The van der Waals surface area contributed by atoms with Crippen LogP contribution in [0.2, 0.25) is 0 Å². The lowest BCUT2D eigenvalue weighted by Crippen LogP contribution is -2.39. The molecule has 0 fully saturated rings. The third kappa shape index (κ3) is 6.09. The summed E-state index contributed by atoms with van der Waals surface area (Å²) in [5.41, 5.74) is 4.53. The highest BCUT2D eigenvalue weighted by Gasteiger charge is 2.30. The number of hydrogen-bond acceptors (Lipinski definition) is 6. The van der Waals surface area contributed by atoms with Gasteiger partial charge in [-0.1, -0.05) is 30.3 Å². The van der Waals surface area contributed by atoms with Crippen LogP contribution in [0.3, 0.4) is 0 Å². The lowest BCUT2D eigenvalue weighted by molar-refractivity contribution is -0.129. The van der Waals surface area contributed by atoms with Crippen LogP contribution in [0, 0.1) is 0 Å². The summed E-state index contributed by atoms with van der Waals surface area (Å²) in [6, 6.07) is 20.4. The molecule has 0 radical (unpaired) electrons. The van der Waals surface area contributed by atoms with Crippen LogP contribution in [0.4, 0.5) is 17.1 Å². The summed E-state index contributed by atoms with van der Waals surface area (Å²) in [6.07, 6.45) is 0. The number of fused-ring (bicyclic) bond motifs is 1. The molecule has 4 rings (SSSR count). The normalized spacial score (nSPS) is 13.2. The van der Waals surface area contributed by atoms with E-state index in [-0.39, 0.29) is 24.3 Å². The first kappa shape index (κ1) is 28.2. The average Bonchev–Trinajstić information content (AvgIpc) is 3.25. The number of ether oxygens (including phenoxy) is 2. The van der Waals surface area contributed by atoms with E-state index in [1.807, 2.05) is 62.4 Å². The zero-order chi connectivity index (χ0) is 28.8. The van der Waals surface area contributed by atoms with Crippen LogP contribution in [0.1, 0.15) is 31.9 Å². The Kier molecular flexibility index (Phi) is 8.73. The van der Waals surface area contributed by atoms with Crippen LogP contribution in [-0.4, -0.2) is 56.5 Å². The van der Waals surface area contributed by atoms with Crippen LogP contribution >= 0.6 is 0 Å². The zero-order valence-electron chi connectivity index (χ0n) is 23.4. The van der Waals surface area contributed by atoms with Gasteiger partial charge < -0.3 is 29.9 Å². The van der Waals surface area contributed by atoms with Gasteiger partial charge in [0.25, 0.3) is 5.91 Å². The van der Waals surface area contributed by atoms with Gasteiger partial charge in [0.1, 0.15) is 6.54 Å². The molecule has 0 spiro atoms. The van der Waals surface area contributed by atoms with Crippen molar-refractivity contribution in [1.82, 2.24) is 4.90 Å². The highest BCUT2D eigenvalue weighted by molar-refractivity contribution is 6.37. The van der Waals surface area contributed by atoms with Gasteiger partial charge in [-0.05, 0) is 49.7 Å². The molecule has 3 amide bonds. The first-order chi connectivity index (χ1) is 19.2. The first-order valence-electron chi connectivity index (χ1n) is 13.1. The molecule has 1 heterocycles. The van der Waals surface area contributed by atoms with E-state index in [4.69, 9.17) is 9.47 Å². The smallest absolute Gasteiger partial charge is 0.258 e. The van der Waals surface area contributed by atoms with Gasteiger partial charge in [-0.3, -0.25) is 14.4 Å². The summed E-state index contributed by atoms with van der Waals surface area (Å²) in [6.45, 7) is 6.08. The maximum atomic E-state index is 13.4. The predicted molar refractivity (Wildman–Crippen MR) is 157 cm³/mol. The Hall–Kier alpha value is -4.79. The number of hydrogen-bond donors (Lipinski definition) is 2. The quantitative estimate of drug-likeness (QED) is 0.355. The molecular weight excluding hydrogens is 508 g/mol. The Bertz CT molecular complexity index is 1430. The fourth-order valence-electron chi connectivity index (χ4n) is 4.38. The van der Waals surface area contributed by atoms with Crippen LogP contribution in [0.5, 0.6) is 11.5 Å². The van der Waals surface area contributed by atoms with Crippen molar-refractivity contribution >= 4 is 46.1 Å². The van der Waals surface area contributed by atoms with Crippen molar-refractivity contribution in [3.63, 3.8) is 0 Å². The molecule has 1 aliphatic rings. The van der Waals surface area contributed by atoms with Crippen molar-refractivity contribution in [2.45, 2.75) is 20.8 Å². The first-order valence-corrected chi connectivity index (χ1v) is 13.1. The number of anilines is 3. The summed E-state index contributed by atoms with van der Waals surface area (Å²) < 4.78 is 11.6. The number of likely N-dealkylation sites (N-methyl/N-ethyl adjacent to an activating group) is 1. The van der Waals surface area contributed by atoms with E-state index in [1.54, 1.807) is 32.3 Å². The lowest BCUT2D eigenvalue weighted by Gasteiger charge is -2.23. The summed E-state index contributed by atoms with van der Waals surface area (Å²) in [7, 11) is 3.30. The minimum absolute atomic E-state index is 0.0583. The number of nitrogens with one attached hydrogen (secondary N) is 2. The molecule has 40 heavy (non-hydrogen) atoms. The zero-order valence-corrected chi connectivity index (χ0v) is 23.4. The second-order valence-electron chi connectivity index (χ2n) is 9.35. The molecule has 0 saturated carbocycles. The predicted octanol–water partition coefficient (Wildman–Crippen LogP) is 4.86. The summed E-state index contributed by atoms with van der Waals surface area (Å²) in [5, 5.41) is 6.39. The molecule has 0 bridgehead atoms. The van der Waals surface area contributed by atoms with Crippen molar-refractivity contribution < 1.29 is 23.9 Å². The van der Waals surface area contributed by atoms with E-state index in [1.165, 1.54) is 16.7 Å². The van der Waals surface area contributed by atoms with E-state index >= 15 is 0 Å². The Balaban J connectivity index is 1.76. The van der Waals surface area contributed by atoms with Gasteiger partial charge in [0, 0.05) is 44.0 Å². The second-order valence-corrected chi connectivity index (χ2v) is 9.35. The molecule has 0 unspecified atom stereocenters. The molecule has 3 aromatic rings. The van der Waals surface area contributed by atoms with E-state index in [9.17, 15) is 14.4 Å². The molecule has 0 saturated heterocycles. The molecule has 9 heteroatoms. The molecular formula is C31H34N4O5. The van der Waals surface area contributed by atoms with Crippen LogP contribution in [0.15, 0.2) is 66.7 Å². The van der Waals surface area contributed by atoms with Crippen LogP contribution in [0.25, 0.3) is 11.3 Å². The van der Waals surface area contributed by atoms with Gasteiger partial charge in [-0.2, -0.15) is 0 Å². The lowest BCUT2D eigenvalue weighted by atomic mass is 9.99. The Morgan fingerprint density at radius 1 is 0.900 bits per heavy atom. The maximum Gasteiger partial charge on any atom is 0.258 e. The minimum atomic E-state index is -0.251. The SMILES string of the molecule is CCOc1cc2c(cc1OCC)C(=C(Nc1ccc(N(CC(=O)N(C)C)C(C)=O)cc1)c1ccccc1)C(=O)N2. The fraction of sp³-hybridized carbons (Fsp3) is 0.258. The van der Waals surface area contributed by atoms with Gasteiger partial charge >= 0.3 is 0 Å². The Morgan fingerprint density at radius 3 is 2.10 bits per heavy atom.